The van der Waals surface area contributed by atoms with E-state index in [9.17, 15) is 0 Å². The van der Waals surface area contributed by atoms with Crippen LogP contribution < -0.4 is 49.2 Å². The Labute approximate surface area is 564 Å². The molecule has 0 aliphatic heterocycles. The Morgan fingerprint density at radius 3 is 0.639 bits per heavy atom. The van der Waals surface area contributed by atoms with Crippen LogP contribution in [0.1, 0.15) is 0 Å². The van der Waals surface area contributed by atoms with Crippen LogP contribution in [0.3, 0.4) is 0 Å². The van der Waals surface area contributed by atoms with Gasteiger partial charge in [0.2, 0.25) is 20.1 Å². The maximum absolute atomic E-state index is 2.52. The van der Waals surface area contributed by atoms with Gasteiger partial charge in [-0.05, 0) is 72.8 Å². The van der Waals surface area contributed by atoms with Crippen LogP contribution in [0, 0.1) is 0 Å². The molecule has 0 spiro atoms. The lowest BCUT2D eigenvalue weighted by atomic mass is 9.37. The number of nitrogens with zero attached hydrogens (tertiary/aromatic N) is 4. The van der Waals surface area contributed by atoms with E-state index < -0.39 is 0 Å². The van der Waals surface area contributed by atoms with Crippen LogP contribution in [0.25, 0.3) is 110 Å². The van der Waals surface area contributed by atoms with Crippen LogP contribution in [0.2, 0.25) is 0 Å². The second-order valence-electron chi connectivity index (χ2n) is 25.9. The Hall–Kier alpha value is -12.3. The van der Waals surface area contributed by atoms with E-state index >= 15 is 0 Å². The molecule has 4 nitrogen and oxygen atoms in total. The highest BCUT2D eigenvalue weighted by Gasteiger charge is 2.29. The van der Waals surface area contributed by atoms with E-state index in [4.69, 9.17) is 0 Å². The first kappa shape index (κ1) is 56.3. The van der Waals surface area contributed by atoms with Crippen LogP contribution >= 0.6 is 0 Å². The minimum atomic E-state index is -0.0465. The number of hydrogen-bond donors (Lipinski definition) is 0. The van der Waals surface area contributed by atoms with Crippen molar-refractivity contribution >= 4 is 157 Å². The first-order valence-corrected chi connectivity index (χ1v) is 33.8. The second kappa shape index (κ2) is 23.3. The molecular weight excluding hydrogens is 1170 g/mol. The van der Waals surface area contributed by atoms with Crippen LogP contribution in [-0.2, 0) is 0 Å². The summed E-state index contributed by atoms with van der Waals surface area (Å²) in [7, 11) is 0. The Morgan fingerprint density at radius 1 is 0.144 bits per heavy atom. The summed E-state index contributed by atoms with van der Waals surface area (Å²) in [6.45, 7) is 0.0640. The van der Waals surface area contributed by atoms with Crippen molar-refractivity contribution in [3.05, 3.63) is 370 Å². The van der Waals surface area contributed by atoms with Gasteiger partial charge in [-0.15, -0.1) is 0 Å². The standard InChI is InChI=1S/C90H61B3N4/c1-6-26-62(27-7-1)91(67-48-52-71(53-49-67)94-83-44-20-16-40-75(83)79-56-58-81-77-42-18-22-46-85(77)96(89(81)87(79)94)73-38-24-36-69(60-73)92(63-28-8-2-9-29-63)64-30-10-3-11-31-64)68-50-54-72(55-51-68)95-84-45-21-17-41-76(84)80-57-59-82-78-43-19-23-47-86(78)97(90(82)88(80)95)74-39-25-37-70(61-74)93(65-32-12-4-13-33-65)66-34-14-5-15-35-66/h1-61H. The summed E-state index contributed by atoms with van der Waals surface area (Å²) in [5.74, 6) is 0. The molecule has 0 fully saturated rings. The molecule has 0 aliphatic carbocycles. The maximum Gasteiger partial charge on any atom is 0.241 e. The SMILES string of the molecule is c1ccc(B(c2ccc(-n3c4ccccc4c4ccc5c6ccccc6n(-c6cccc(B(c7ccccc7)c7ccccc7)c6)c5c43)cc2)c2ccc(-n3c4ccccc4c4ccc5c6ccccc6n(-c6cccc(B(c7ccccc7)c7ccccc7)c6)c5c43)cc2)cc1. The largest absolute Gasteiger partial charge is 0.307 e. The van der Waals surface area contributed by atoms with E-state index in [0.717, 1.165) is 22.7 Å². The molecule has 0 amide bonds. The summed E-state index contributed by atoms with van der Waals surface area (Å²) in [4.78, 5) is 0. The molecule has 450 valence electrons. The second-order valence-corrected chi connectivity index (χ2v) is 25.9. The van der Waals surface area contributed by atoms with Gasteiger partial charge in [0.15, 0.2) is 0 Å². The molecule has 0 saturated heterocycles. The third kappa shape index (κ3) is 9.25. The third-order valence-electron chi connectivity index (χ3n) is 20.5. The van der Waals surface area contributed by atoms with Gasteiger partial charge >= 0.3 is 0 Å². The Balaban J connectivity index is 0.752. The predicted molar refractivity (Wildman–Crippen MR) is 416 cm³/mol. The summed E-state index contributed by atoms with van der Waals surface area (Å²) in [6, 6.07) is 137. The first-order chi connectivity index (χ1) is 48.2. The fraction of sp³-hybridized carbons (Fsp3) is 0. The number of aromatic nitrogens is 4. The van der Waals surface area contributed by atoms with Crippen LogP contribution in [0.4, 0.5) is 0 Å². The molecule has 19 aromatic rings. The van der Waals surface area contributed by atoms with Crippen LogP contribution in [0.5, 0.6) is 0 Å². The van der Waals surface area contributed by atoms with Gasteiger partial charge in [0, 0.05) is 65.8 Å². The molecule has 0 N–H and O–H groups in total. The average molecular weight is 1230 g/mol. The summed E-state index contributed by atoms with van der Waals surface area (Å²) in [5, 5.41) is 9.78. The molecular formula is C90H61B3N4. The lowest BCUT2D eigenvalue weighted by Gasteiger charge is -2.19. The van der Waals surface area contributed by atoms with Crippen molar-refractivity contribution < 1.29 is 0 Å². The van der Waals surface area contributed by atoms with Crippen molar-refractivity contribution in [2.45, 2.75) is 0 Å². The summed E-state index contributed by atoms with van der Waals surface area (Å²) >= 11 is 0. The van der Waals surface area contributed by atoms with Crippen molar-refractivity contribution in [2.75, 3.05) is 0 Å². The average Bonchev–Trinajstić information content (AvgIpc) is 1.56. The van der Waals surface area contributed by atoms with Gasteiger partial charge in [-0.2, -0.15) is 0 Å². The normalized spacial score (nSPS) is 11.7. The molecule has 0 atom stereocenters. The number of rotatable bonds is 13. The molecule has 7 heteroatoms. The van der Waals surface area contributed by atoms with Crippen molar-refractivity contribution in [1.82, 2.24) is 18.3 Å². The molecule has 97 heavy (non-hydrogen) atoms. The molecule has 4 aromatic heterocycles. The van der Waals surface area contributed by atoms with E-state index in [0.29, 0.717) is 0 Å². The zero-order chi connectivity index (χ0) is 63.9. The van der Waals surface area contributed by atoms with E-state index in [1.807, 2.05) is 0 Å². The number of para-hydroxylation sites is 4. The van der Waals surface area contributed by atoms with Gasteiger partial charge in [-0.3, -0.25) is 0 Å². The highest BCUT2D eigenvalue weighted by Crippen LogP contribution is 2.44. The Morgan fingerprint density at radius 2 is 0.361 bits per heavy atom. The number of hydrogen-bond acceptors (Lipinski definition) is 0. The van der Waals surface area contributed by atoms with Crippen molar-refractivity contribution in [3.63, 3.8) is 0 Å². The first-order valence-electron chi connectivity index (χ1n) is 33.8. The smallest absolute Gasteiger partial charge is 0.241 e. The summed E-state index contributed by atoms with van der Waals surface area (Å²) < 4.78 is 10.1. The zero-order valence-electron chi connectivity index (χ0n) is 53.2. The van der Waals surface area contributed by atoms with Crippen molar-refractivity contribution in [3.8, 4) is 22.7 Å². The van der Waals surface area contributed by atoms with Crippen LogP contribution in [-0.4, -0.2) is 38.4 Å². The number of fused-ring (bicyclic) bond motifs is 14. The monoisotopic (exact) mass is 1230 g/mol. The zero-order valence-corrected chi connectivity index (χ0v) is 53.2. The maximum atomic E-state index is 2.52. The predicted octanol–water partition coefficient (Wildman–Crippen LogP) is 15.6. The van der Waals surface area contributed by atoms with Gasteiger partial charge in [-0.25, -0.2) is 0 Å². The lowest BCUT2D eigenvalue weighted by Crippen LogP contribution is -2.51. The van der Waals surface area contributed by atoms with E-state index in [2.05, 4.69) is 388 Å². The highest BCUT2D eigenvalue weighted by molar-refractivity contribution is 6.96. The van der Waals surface area contributed by atoms with E-state index in [1.54, 1.807) is 0 Å². The topological polar surface area (TPSA) is 19.7 Å². The molecule has 19 rings (SSSR count). The fourth-order valence-electron chi connectivity index (χ4n) is 16.4. The quantitative estimate of drug-likeness (QED) is 0.103. The summed E-state index contributed by atoms with van der Waals surface area (Å²) in [6.07, 6.45) is 0. The Bertz CT molecular complexity index is 5740. The van der Waals surface area contributed by atoms with Crippen molar-refractivity contribution in [1.29, 1.82) is 0 Å². The van der Waals surface area contributed by atoms with E-state index in [-0.39, 0.29) is 20.1 Å². The summed E-state index contributed by atoms with van der Waals surface area (Å²) in [5.41, 5.74) is 25.1. The van der Waals surface area contributed by atoms with Gasteiger partial charge < -0.3 is 18.3 Å². The Kier molecular flexibility index (Phi) is 13.5. The third-order valence-corrected chi connectivity index (χ3v) is 20.5. The molecule has 0 aliphatic rings. The molecule has 0 radical (unpaired) electrons. The van der Waals surface area contributed by atoms with Gasteiger partial charge in [-0.1, -0.05) is 346 Å². The molecule has 0 saturated carbocycles. The van der Waals surface area contributed by atoms with Gasteiger partial charge in [0.05, 0.1) is 44.1 Å². The van der Waals surface area contributed by atoms with Gasteiger partial charge in [0.1, 0.15) is 0 Å². The van der Waals surface area contributed by atoms with Gasteiger partial charge in [0.25, 0.3) is 0 Å². The van der Waals surface area contributed by atoms with E-state index in [1.165, 1.54) is 136 Å². The molecule has 0 bridgehead atoms. The molecule has 4 heterocycles. The van der Waals surface area contributed by atoms with Crippen LogP contribution in [0.15, 0.2) is 370 Å². The molecule has 15 aromatic carbocycles. The molecule has 0 unspecified atom stereocenters. The van der Waals surface area contributed by atoms with Crippen molar-refractivity contribution in [2.24, 2.45) is 0 Å². The highest BCUT2D eigenvalue weighted by atomic mass is 15.1. The fourth-order valence-corrected chi connectivity index (χ4v) is 16.4. The lowest BCUT2D eigenvalue weighted by molar-refractivity contribution is 1.15. The minimum absolute atomic E-state index is 0.0465. The number of benzene rings is 15. The minimum Gasteiger partial charge on any atom is -0.307 e.